The molecule has 0 spiro atoms. The number of ether oxygens (including phenoxy) is 2. The van der Waals surface area contributed by atoms with Crippen molar-refractivity contribution < 1.29 is 31.4 Å². The summed E-state index contributed by atoms with van der Waals surface area (Å²) in [5.41, 5.74) is 0.824. The summed E-state index contributed by atoms with van der Waals surface area (Å²) in [5.74, 6) is -1.53. The smallest absolute Gasteiger partial charge is 0.433 e. The van der Waals surface area contributed by atoms with Crippen LogP contribution in [0.1, 0.15) is 42.3 Å². The highest BCUT2D eigenvalue weighted by atomic mass is 19.4. The summed E-state index contributed by atoms with van der Waals surface area (Å²) in [7, 11) is 1.48. The third-order valence-corrected chi connectivity index (χ3v) is 5.37. The molecular formula is C22H20F5N3O2. The highest BCUT2D eigenvalue weighted by Crippen LogP contribution is 2.44. The van der Waals surface area contributed by atoms with Crippen molar-refractivity contribution in [2.75, 3.05) is 7.11 Å². The van der Waals surface area contributed by atoms with Gasteiger partial charge in [0.05, 0.1) is 19.0 Å². The Balaban J connectivity index is 1.45. The normalized spacial score (nSPS) is 18.0. The highest BCUT2D eigenvalue weighted by Gasteiger charge is 2.41. The van der Waals surface area contributed by atoms with Crippen molar-refractivity contribution in [3.8, 4) is 22.8 Å². The maximum atomic E-state index is 13.5. The van der Waals surface area contributed by atoms with Gasteiger partial charge in [-0.05, 0) is 24.6 Å². The molecule has 1 aromatic carbocycles. The van der Waals surface area contributed by atoms with E-state index in [9.17, 15) is 22.0 Å². The van der Waals surface area contributed by atoms with Crippen LogP contribution in [-0.4, -0.2) is 28.0 Å². The summed E-state index contributed by atoms with van der Waals surface area (Å²) in [6.07, 6.45) is -1.78. The van der Waals surface area contributed by atoms with E-state index in [1.165, 1.54) is 13.2 Å². The van der Waals surface area contributed by atoms with Crippen molar-refractivity contribution in [1.82, 2.24) is 15.0 Å². The number of alkyl halides is 5. The van der Waals surface area contributed by atoms with Crippen LogP contribution < -0.4 is 9.47 Å². The number of benzene rings is 1. The van der Waals surface area contributed by atoms with Crippen molar-refractivity contribution in [1.29, 1.82) is 0 Å². The van der Waals surface area contributed by atoms with E-state index in [0.29, 0.717) is 40.6 Å². The van der Waals surface area contributed by atoms with E-state index in [-0.39, 0.29) is 25.4 Å². The first-order chi connectivity index (χ1) is 15.1. The van der Waals surface area contributed by atoms with Gasteiger partial charge in [-0.3, -0.25) is 4.98 Å². The molecule has 1 fully saturated rings. The zero-order valence-electron chi connectivity index (χ0n) is 17.0. The third-order valence-electron chi connectivity index (χ3n) is 5.37. The average molecular weight is 453 g/mol. The number of methoxy groups -OCH3 is 1. The van der Waals surface area contributed by atoms with Gasteiger partial charge in [-0.2, -0.15) is 13.2 Å². The quantitative estimate of drug-likeness (QED) is 0.467. The molecule has 0 saturated heterocycles. The molecule has 1 aliphatic rings. The minimum atomic E-state index is -4.49. The number of aromatic amines is 1. The van der Waals surface area contributed by atoms with E-state index in [4.69, 9.17) is 9.47 Å². The second kappa shape index (κ2) is 8.40. The van der Waals surface area contributed by atoms with Gasteiger partial charge in [0, 0.05) is 42.1 Å². The lowest BCUT2D eigenvalue weighted by atomic mass is 10.1. The van der Waals surface area contributed by atoms with Crippen molar-refractivity contribution in [3.05, 3.63) is 59.8 Å². The van der Waals surface area contributed by atoms with Crippen molar-refractivity contribution in [3.63, 3.8) is 0 Å². The number of hydrogen-bond donors (Lipinski definition) is 1. The van der Waals surface area contributed by atoms with Gasteiger partial charge in [-0.15, -0.1) is 0 Å². The number of H-pyrrole nitrogens is 1. The Morgan fingerprint density at radius 3 is 2.56 bits per heavy atom. The summed E-state index contributed by atoms with van der Waals surface area (Å²) in [4.78, 5) is 10.8. The molecule has 5 nitrogen and oxygen atoms in total. The van der Waals surface area contributed by atoms with Gasteiger partial charge in [0.15, 0.2) is 0 Å². The molecule has 2 aromatic heterocycles. The Kier molecular flexibility index (Phi) is 5.79. The Morgan fingerprint density at radius 2 is 1.94 bits per heavy atom. The van der Waals surface area contributed by atoms with Crippen LogP contribution in [0, 0.1) is 0 Å². The van der Waals surface area contributed by atoms with Crippen LogP contribution >= 0.6 is 0 Å². The molecule has 0 amide bonds. The number of nitrogens with zero attached hydrogens (tertiary/aromatic N) is 2. The van der Waals surface area contributed by atoms with Crippen molar-refractivity contribution in [2.45, 2.75) is 43.9 Å². The number of rotatable bonds is 6. The first-order valence-corrected chi connectivity index (χ1v) is 9.91. The number of hydrogen-bond acceptors (Lipinski definition) is 4. The van der Waals surface area contributed by atoms with Crippen LogP contribution in [0.3, 0.4) is 0 Å². The molecule has 10 heteroatoms. The number of pyridine rings is 1. The topological polar surface area (TPSA) is 60.0 Å². The van der Waals surface area contributed by atoms with Crippen molar-refractivity contribution in [2.24, 2.45) is 0 Å². The summed E-state index contributed by atoms with van der Waals surface area (Å²) in [6, 6.07) is 7.26. The summed E-state index contributed by atoms with van der Waals surface area (Å²) >= 11 is 0. The van der Waals surface area contributed by atoms with Gasteiger partial charge < -0.3 is 14.5 Å². The van der Waals surface area contributed by atoms with Crippen LogP contribution in [0.2, 0.25) is 0 Å². The molecule has 1 unspecified atom stereocenters. The van der Waals surface area contributed by atoms with E-state index in [0.717, 1.165) is 12.3 Å². The lowest BCUT2D eigenvalue weighted by Gasteiger charge is -2.12. The molecule has 4 rings (SSSR count). The molecular weight excluding hydrogens is 433 g/mol. The number of nitrogens with one attached hydrogen (secondary N) is 1. The first kappa shape index (κ1) is 22.0. The molecule has 1 atom stereocenters. The Morgan fingerprint density at radius 1 is 1.12 bits per heavy atom. The predicted octanol–water partition coefficient (Wildman–Crippen LogP) is 5.98. The standard InChI is InChI=1S/C22H20F5N3O2/c1-31-18-8-15(32-12-13-2-5-19(28-10-13)22(25,26)27)3-4-16(18)17-11-29-20(30-17)14-6-7-21(23,24)9-14/h2-5,8,10-11,14H,6-7,9,12H2,1H3,(H,29,30). The molecule has 3 aromatic rings. The van der Waals surface area contributed by atoms with Gasteiger partial charge >= 0.3 is 6.18 Å². The fourth-order valence-electron chi connectivity index (χ4n) is 3.69. The van der Waals surface area contributed by atoms with E-state index >= 15 is 0 Å². The van der Waals surface area contributed by atoms with E-state index in [2.05, 4.69) is 15.0 Å². The zero-order chi connectivity index (χ0) is 22.9. The second-order valence-electron chi connectivity index (χ2n) is 7.68. The Labute approximate surface area is 180 Å². The molecule has 0 aliphatic heterocycles. The number of halogens is 5. The number of aromatic nitrogens is 3. The lowest BCUT2D eigenvalue weighted by Crippen LogP contribution is -2.09. The van der Waals surface area contributed by atoms with Gasteiger partial charge in [-0.25, -0.2) is 13.8 Å². The van der Waals surface area contributed by atoms with Gasteiger partial charge in [-0.1, -0.05) is 6.07 Å². The number of imidazole rings is 1. The molecule has 170 valence electrons. The van der Waals surface area contributed by atoms with Crippen LogP contribution in [0.25, 0.3) is 11.3 Å². The summed E-state index contributed by atoms with van der Waals surface area (Å²) in [5, 5.41) is 0. The molecule has 2 heterocycles. The average Bonchev–Trinajstić information content (AvgIpc) is 3.38. The lowest BCUT2D eigenvalue weighted by molar-refractivity contribution is -0.141. The van der Waals surface area contributed by atoms with E-state index in [1.54, 1.807) is 24.4 Å². The molecule has 0 radical (unpaired) electrons. The first-order valence-electron chi connectivity index (χ1n) is 9.91. The molecule has 1 N–H and O–H groups in total. The maximum Gasteiger partial charge on any atom is 0.433 e. The fourth-order valence-corrected chi connectivity index (χ4v) is 3.69. The SMILES string of the molecule is COc1cc(OCc2ccc(C(F)(F)F)nc2)ccc1-c1cnc(C2CCC(F)(F)C2)[nH]1. The molecule has 1 aliphatic carbocycles. The monoisotopic (exact) mass is 453 g/mol. The Hall–Kier alpha value is -3.17. The fraction of sp³-hybridized carbons (Fsp3) is 0.364. The van der Waals surface area contributed by atoms with Gasteiger partial charge in [0.1, 0.15) is 29.6 Å². The van der Waals surface area contributed by atoms with E-state index in [1.807, 2.05) is 0 Å². The van der Waals surface area contributed by atoms with Crippen LogP contribution in [0.5, 0.6) is 11.5 Å². The maximum absolute atomic E-state index is 13.5. The predicted molar refractivity (Wildman–Crippen MR) is 106 cm³/mol. The van der Waals surface area contributed by atoms with E-state index < -0.39 is 17.8 Å². The van der Waals surface area contributed by atoms with Crippen LogP contribution in [0.15, 0.2) is 42.7 Å². The minimum absolute atomic E-state index is 0.0255. The van der Waals surface area contributed by atoms with Gasteiger partial charge in [0.25, 0.3) is 0 Å². The van der Waals surface area contributed by atoms with Gasteiger partial charge in [0.2, 0.25) is 5.92 Å². The van der Waals surface area contributed by atoms with Crippen LogP contribution in [0.4, 0.5) is 22.0 Å². The molecule has 1 saturated carbocycles. The zero-order valence-corrected chi connectivity index (χ0v) is 17.0. The molecule has 0 bridgehead atoms. The minimum Gasteiger partial charge on any atom is -0.496 e. The van der Waals surface area contributed by atoms with Crippen LogP contribution in [-0.2, 0) is 12.8 Å². The largest absolute Gasteiger partial charge is 0.496 e. The Bertz CT molecular complexity index is 1080. The second-order valence-corrected chi connectivity index (χ2v) is 7.68. The third kappa shape index (κ3) is 4.84. The highest BCUT2D eigenvalue weighted by molar-refractivity contribution is 5.68. The summed E-state index contributed by atoms with van der Waals surface area (Å²) < 4.78 is 75.9. The molecule has 32 heavy (non-hydrogen) atoms. The summed E-state index contributed by atoms with van der Waals surface area (Å²) in [6.45, 7) is 0.0255. The van der Waals surface area contributed by atoms with Crippen molar-refractivity contribution >= 4 is 0 Å².